The lowest BCUT2D eigenvalue weighted by Crippen LogP contribution is -2.52. The number of carbonyl (C=O) groups excluding carboxylic acids is 2. The summed E-state index contributed by atoms with van der Waals surface area (Å²) < 4.78 is 26.5. The SMILES string of the molecule is CCC(C)NC(=O)C(C)N(Cc1c(Cl)cccc1Cl)C(=O)CN(c1ccc(C)cc1C)S(C)(=O)=O. The fraction of sp³-hybridized carbons (Fsp3) is 0.440. The van der Waals surface area contributed by atoms with Gasteiger partial charge >= 0.3 is 0 Å². The van der Waals surface area contributed by atoms with Crippen LogP contribution < -0.4 is 9.62 Å². The number of nitrogens with zero attached hydrogens (tertiary/aromatic N) is 2. The van der Waals surface area contributed by atoms with E-state index in [2.05, 4.69) is 5.32 Å². The van der Waals surface area contributed by atoms with E-state index in [1.807, 2.05) is 26.8 Å². The molecule has 0 radical (unpaired) electrons. The molecule has 0 aliphatic carbocycles. The Morgan fingerprint density at radius 3 is 2.17 bits per heavy atom. The summed E-state index contributed by atoms with van der Waals surface area (Å²) in [6.07, 6.45) is 1.77. The summed E-state index contributed by atoms with van der Waals surface area (Å²) in [5.41, 5.74) is 2.56. The fourth-order valence-corrected chi connectivity index (χ4v) is 5.01. The first kappa shape index (κ1) is 28.9. The molecule has 2 atom stereocenters. The van der Waals surface area contributed by atoms with Crippen LogP contribution >= 0.6 is 23.2 Å². The first-order valence-corrected chi connectivity index (χ1v) is 13.9. The Balaban J connectivity index is 2.48. The zero-order valence-electron chi connectivity index (χ0n) is 20.9. The smallest absolute Gasteiger partial charge is 0.244 e. The molecule has 2 aromatic rings. The highest BCUT2D eigenvalue weighted by molar-refractivity contribution is 7.92. The molecule has 2 unspecified atom stereocenters. The number of hydrogen-bond acceptors (Lipinski definition) is 4. The van der Waals surface area contributed by atoms with Crippen molar-refractivity contribution in [2.75, 3.05) is 17.1 Å². The second-order valence-corrected chi connectivity index (χ2v) is 11.5. The number of rotatable bonds is 10. The molecule has 2 amide bonds. The van der Waals surface area contributed by atoms with Crippen molar-refractivity contribution in [2.45, 2.75) is 59.7 Å². The molecule has 2 aromatic carbocycles. The summed E-state index contributed by atoms with van der Waals surface area (Å²) in [6.45, 7) is 8.56. The summed E-state index contributed by atoms with van der Waals surface area (Å²) in [6, 6.07) is 9.30. The van der Waals surface area contributed by atoms with Crippen LogP contribution in [0.25, 0.3) is 0 Å². The molecule has 10 heteroatoms. The van der Waals surface area contributed by atoms with Gasteiger partial charge in [-0.2, -0.15) is 0 Å². The number of aryl methyl sites for hydroxylation is 2. The van der Waals surface area contributed by atoms with Crippen LogP contribution in [-0.4, -0.2) is 50.0 Å². The molecule has 1 N–H and O–H groups in total. The number of amides is 2. The van der Waals surface area contributed by atoms with Crippen LogP contribution in [0.3, 0.4) is 0 Å². The molecule has 0 spiro atoms. The molecule has 0 aliphatic heterocycles. The Kier molecular flexibility index (Phi) is 10.0. The van der Waals surface area contributed by atoms with E-state index in [0.717, 1.165) is 22.5 Å². The molecule has 0 heterocycles. The molecule has 7 nitrogen and oxygen atoms in total. The molecule has 2 rings (SSSR count). The van der Waals surface area contributed by atoms with Crippen molar-refractivity contribution in [2.24, 2.45) is 0 Å². The van der Waals surface area contributed by atoms with Crippen LogP contribution in [0.15, 0.2) is 36.4 Å². The van der Waals surface area contributed by atoms with Gasteiger partial charge in [-0.05, 0) is 57.9 Å². The predicted molar refractivity (Wildman–Crippen MR) is 142 cm³/mol. The van der Waals surface area contributed by atoms with Crippen LogP contribution in [0.1, 0.15) is 43.9 Å². The lowest BCUT2D eigenvalue weighted by Gasteiger charge is -2.32. The minimum atomic E-state index is -3.81. The average Bonchev–Trinajstić information content (AvgIpc) is 2.76. The van der Waals surface area contributed by atoms with Crippen LogP contribution in [-0.2, 0) is 26.2 Å². The van der Waals surface area contributed by atoms with E-state index < -0.39 is 28.5 Å². The van der Waals surface area contributed by atoms with Gasteiger partial charge in [0.05, 0.1) is 11.9 Å². The molecule has 0 bridgehead atoms. The van der Waals surface area contributed by atoms with Crippen molar-refractivity contribution < 1.29 is 18.0 Å². The highest BCUT2D eigenvalue weighted by Gasteiger charge is 2.31. The lowest BCUT2D eigenvalue weighted by atomic mass is 10.1. The Hall–Kier alpha value is -2.29. The molecular formula is C25H33Cl2N3O4S. The molecule has 0 aliphatic rings. The minimum Gasteiger partial charge on any atom is -0.352 e. The Morgan fingerprint density at radius 1 is 1.06 bits per heavy atom. The summed E-state index contributed by atoms with van der Waals surface area (Å²) in [5, 5.41) is 3.57. The van der Waals surface area contributed by atoms with E-state index in [1.165, 1.54) is 4.90 Å². The van der Waals surface area contributed by atoms with Crippen LogP contribution in [0, 0.1) is 13.8 Å². The van der Waals surface area contributed by atoms with Crippen molar-refractivity contribution in [1.82, 2.24) is 10.2 Å². The van der Waals surface area contributed by atoms with Gasteiger partial charge in [-0.25, -0.2) is 8.42 Å². The topological polar surface area (TPSA) is 86.8 Å². The monoisotopic (exact) mass is 541 g/mol. The zero-order chi connectivity index (χ0) is 26.5. The van der Waals surface area contributed by atoms with E-state index in [-0.39, 0.29) is 18.5 Å². The van der Waals surface area contributed by atoms with Crippen molar-refractivity contribution >= 4 is 50.7 Å². The summed E-state index contributed by atoms with van der Waals surface area (Å²) in [7, 11) is -3.81. The van der Waals surface area contributed by atoms with Gasteiger partial charge in [-0.1, -0.05) is 53.9 Å². The Labute approximate surface area is 218 Å². The van der Waals surface area contributed by atoms with E-state index in [0.29, 0.717) is 26.9 Å². The average molecular weight is 543 g/mol. The molecule has 0 fully saturated rings. The number of halogens is 2. The van der Waals surface area contributed by atoms with Crippen LogP contribution in [0.4, 0.5) is 5.69 Å². The van der Waals surface area contributed by atoms with Gasteiger partial charge in [0.15, 0.2) is 0 Å². The maximum absolute atomic E-state index is 13.6. The second-order valence-electron chi connectivity index (χ2n) is 8.78. The lowest BCUT2D eigenvalue weighted by molar-refractivity contribution is -0.139. The number of hydrogen-bond donors (Lipinski definition) is 1. The number of benzene rings is 2. The van der Waals surface area contributed by atoms with E-state index in [9.17, 15) is 18.0 Å². The molecule has 0 aromatic heterocycles. The Morgan fingerprint density at radius 2 is 1.66 bits per heavy atom. The molecule has 0 saturated heterocycles. The van der Waals surface area contributed by atoms with Crippen molar-refractivity contribution in [3.8, 4) is 0 Å². The molecule has 0 saturated carbocycles. The van der Waals surface area contributed by atoms with Gasteiger partial charge in [-0.3, -0.25) is 13.9 Å². The Bertz CT molecular complexity index is 1170. The maximum atomic E-state index is 13.6. The van der Waals surface area contributed by atoms with Crippen molar-refractivity contribution in [3.05, 3.63) is 63.1 Å². The van der Waals surface area contributed by atoms with E-state index in [1.54, 1.807) is 44.2 Å². The predicted octanol–water partition coefficient (Wildman–Crippen LogP) is 4.71. The molecular weight excluding hydrogens is 509 g/mol. The summed E-state index contributed by atoms with van der Waals surface area (Å²) >= 11 is 12.7. The van der Waals surface area contributed by atoms with Gasteiger partial charge < -0.3 is 10.2 Å². The van der Waals surface area contributed by atoms with E-state index in [4.69, 9.17) is 23.2 Å². The molecule has 192 valence electrons. The summed E-state index contributed by atoms with van der Waals surface area (Å²) in [5.74, 6) is -0.911. The maximum Gasteiger partial charge on any atom is 0.244 e. The second kappa shape index (κ2) is 12.1. The minimum absolute atomic E-state index is 0.0586. The number of carbonyl (C=O) groups is 2. The van der Waals surface area contributed by atoms with Gasteiger partial charge in [0.25, 0.3) is 0 Å². The molecule has 35 heavy (non-hydrogen) atoms. The fourth-order valence-electron chi connectivity index (χ4n) is 3.58. The van der Waals surface area contributed by atoms with Crippen LogP contribution in [0.5, 0.6) is 0 Å². The van der Waals surface area contributed by atoms with Crippen molar-refractivity contribution in [1.29, 1.82) is 0 Å². The number of nitrogens with one attached hydrogen (secondary N) is 1. The third-order valence-electron chi connectivity index (χ3n) is 5.86. The van der Waals surface area contributed by atoms with Crippen molar-refractivity contribution in [3.63, 3.8) is 0 Å². The van der Waals surface area contributed by atoms with Gasteiger partial charge in [0.1, 0.15) is 12.6 Å². The third kappa shape index (κ3) is 7.59. The van der Waals surface area contributed by atoms with Crippen LogP contribution in [0.2, 0.25) is 10.0 Å². The van der Waals surface area contributed by atoms with Gasteiger partial charge in [-0.15, -0.1) is 0 Å². The largest absolute Gasteiger partial charge is 0.352 e. The highest BCUT2D eigenvalue weighted by atomic mass is 35.5. The summed E-state index contributed by atoms with van der Waals surface area (Å²) in [4.78, 5) is 27.9. The first-order chi connectivity index (χ1) is 16.3. The standard InChI is InChI=1S/C25H33Cl2N3O4S/c1-7-18(4)28-25(32)19(5)29(14-20-21(26)9-8-10-22(20)27)24(31)15-30(35(6,33)34)23-12-11-16(2)13-17(23)3/h8-13,18-19H,7,14-15H2,1-6H3,(H,28,32). The third-order valence-corrected chi connectivity index (χ3v) is 7.69. The first-order valence-electron chi connectivity index (χ1n) is 11.3. The van der Waals surface area contributed by atoms with Gasteiger partial charge in [0, 0.05) is 28.2 Å². The quantitative estimate of drug-likeness (QED) is 0.471. The number of anilines is 1. The normalized spacial score (nSPS) is 13.1. The zero-order valence-corrected chi connectivity index (χ0v) is 23.3. The van der Waals surface area contributed by atoms with E-state index >= 15 is 0 Å². The number of sulfonamides is 1. The van der Waals surface area contributed by atoms with Gasteiger partial charge in [0.2, 0.25) is 21.8 Å². The highest BCUT2D eigenvalue weighted by Crippen LogP contribution is 2.28.